The van der Waals surface area contributed by atoms with Crippen molar-refractivity contribution in [1.29, 1.82) is 0 Å². The predicted molar refractivity (Wildman–Crippen MR) is 58.6 cm³/mol. The summed E-state index contributed by atoms with van der Waals surface area (Å²) >= 11 is 11.6. The quantitative estimate of drug-likeness (QED) is 0.775. The number of halogens is 2. The minimum Gasteiger partial charge on any atom is -0.326 e. The van der Waals surface area contributed by atoms with Crippen molar-refractivity contribution >= 4 is 23.2 Å². The molecule has 0 amide bonds. The standard InChI is InChI=1S/C10H13Cl2N/c1-7-2-3-8(5-10(7)12)4-9(13)6-11/h2-3,5,9H,4,6,13H2,1H3/t9-/m1/s1. The Bertz CT molecular complexity index is 286. The minimum atomic E-state index is 0.0143. The molecule has 1 aromatic rings. The number of hydrogen-bond acceptors (Lipinski definition) is 1. The van der Waals surface area contributed by atoms with Crippen LogP contribution in [0.4, 0.5) is 0 Å². The zero-order chi connectivity index (χ0) is 9.84. The van der Waals surface area contributed by atoms with Crippen LogP contribution in [0.3, 0.4) is 0 Å². The molecule has 0 aromatic heterocycles. The van der Waals surface area contributed by atoms with Gasteiger partial charge in [0, 0.05) is 16.9 Å². The molecule has 0 aliphatic carbocycles. The summed E-state index contributed by atoms with van der Waals surface area (Å²) in [5.41, 5.74) is 7.95. The maximum Gasteiger partial charge on any atom is 0.0437 e. The van der Waals surface area contributed by atoms with Gasteiger partial charge in [0.1, 0.15) is 0 Å². The summed E-state index contributed by atoms with van der Waals surface area (Å²) in [5, 5.41) is 0.791. The monoisotopic (exact) mass is 217 g/mol. The second-order valence-electron chi connectivity index (χ2n) is 3.20. The topological polar surface area (TPSA) is 26.0 Å². The van der Waals surface area contributed by atoms with E-state index in [0.29, 0.717) is 5.88 Å². The molecular formula is C10H13Cl2N. The lowest BCUT2D eigenvalue weighted by Gasteiger charge is -2.08. The van der Waals surface area contributed by atoms with Crippen molar-refractivity contribution < 1.29 is 0 Å². The Hall–Kier alpha value is -0.240. The van der Waals surface area contributed by atoms with Crippen LogP contribution in [0.15, 0.2) is 18.2 Å². The molecule has 1 nitrogen and oxygen atoms in total. The predicted octanol–water partition coefficient (Wildman–Crippen LogP) is 2.76. The van der Waals surface area contributed by atoms with Crippen LogP contribution in [0.2, 0.25) is 5.02 Å². The molecule has 1 atom stereocenters. The highest BCUT2D eigenvalue weighted by molar-refractivity contribution is 6.31. The van der Waals surface area contributed by atoms with Crippen molar-refractivity contribution in [3.05, 3.63) is 34.3 Å². The fourth-order valence-corrected chi connectivity index (χ4v) is 1.43. The van der Waals surface area contributed by atoms with Crippen LogP contribution in [-0.2, 0) is 6.42 Å². The lowest BCUT2D eigenvalue weighted by molar-refractivity contribution is 0.745. The van der Waals surface area contributed by atoms with Crippen LogP contribution < -0.4 is 5.73 Å². The Balaban J connectivity index is 2.73. The molecule has 1 aromatic carbocycles. The average molecular weight is 218 g/mol. The lowest BCUT2D eigenvalue weighted by Crippen LogP contribution is -2.24. The van der Waals surface area contributed by atoms with Crippen LogP contribution in [0.25, 0.3) is 0 Å². The van der Waals surface area contributed by atoms with Crippen LogP contribution in [0.5, 0.6) is 0 Å². The minimum absolute atomic E-state index is 0.0143. The van der Waals surface area contributed by atoms with Crippen molar-refractivity contribution in [3.63, 3.8) is 0 Å². The summed E-state index contributed by atoms with van der Waals surface area (Å²) in [6, 6.07) is 6.00. The van der Waals surface area contributed by atoms with Gasteiger partial charge < -0.3 is 5.73 Å². The summed E-state index contributed by atoms with van der Waals surface area (Å²) < 4.78 is 0. The maximum atomic E-state index is 5.97. The SMILES string of the molecule is Cc1ccc(C[C@@H](N)CCl)cc1Cl. The Morgan fingerprint density at radius 2 is 2.15 bits per heavy atom. The molecular weight excluding hydrogens is 205 g/mol. The molecule has 0 unspecified atom stereocenters. The molecule has 2 N–H and O–H groups in total. The second-order valence-corrected chi connectivity index (χ2v) is 3.92. The molecule has 0 fully saturated rings. The summed E-state index contributed by atoms with van der Waals surface area (Å²) in [5.74, 6) is 0.478. The van der Waals surface area contributed by atoms with Gasteiger partial charge in [-0.1, -0.05) is 23.7 Å². The van der Waals surface area contributed by atoms with Gasteiger partial charge in [-0.05, 0) is 30.5 Å². The Kier molecular flexibility index (Phi) is 4.04. The Morgan fingerprint density at radius 3 is 2.69 bits per heavy atom. The van der Waals surface area contributed by atoms with Gasteiger partial charge in [0.25, 0.3) is 0 Å². The number of nitrogens with two attached hydrogens (primary N) is 1. The molecule has 0 aliphatic heterocycles. The third kappa shape index (κ3) is 3.18. The second kappa shape index (κ2) is 4.85. The number of alkyl halides is 1. The first-order chi connectivity index (χ1) is 6.13. The molecule has 72 valence electrons. The van der Waals surface area contributed by atoms with Crippen LogP contribution >= 0.6 is 23.2 Å². The first-order valence-electron chi connectivity index (χ1n) is 4.20. The van der Waals surface area contributed by atoms with Gasteiger partial charge in [-0.15, -0.1) is 11.6 Å². The van der Waals surface area contributed by atoms with Gasteiger partial charge in [0.15, 0.2) is 0 Å². The van der Waals surface area contributed by atoms with Gasteiger partial charge in [0.05, 0.1) is 0 Å². The van der Waals surface area contributed by atoms with E-state index < -0.39 is 0 Å². The third-order valence-corrected chi connectivity index (χ3v) is 2.74. The third-order valence-electron chi connectivity index (χ3n) is 1.93. The molecule has 3 heteroatoms. The zero-order valence-corrected chi connectivity index (χ0v) is 9.07. The first kappa shape index (κ1) is 10.8. The van der Waals surface area contributed by atoms with Gasteiger partial charge in [-0.3, -0.25) is 0 Å². The van der Waals surface area contributed by atoms with E-state index in [2.05, 4.69) is 0 Å². The smallest absolute Gasteiger partial charge is 0.0437 e. The van der Waals surface area contributed by atoms with Gasteiger partial charge in [-0.2, -0.15) is 0 Å². The van der Waals surface area contributed by atoms with E-state index in [0.717, 1.165) is 22.6 Å². The van der Waals surface area contributed by atoms with Crippen molar-refractivity contribution in [3.8, 4) is 0 Å². The summed E-state index contributed by atoms with van der Waals surface area (Å²) in [6.45, 7) is 1.98. The van der Waals surface area contributed by atoms with Gasteiger partial charge in [-0.25, -0.2) is 0 Å². The van der Waals surface area contributed by atoms with Gasteiger partial charge >= 0.3 is 0 Å². The number of hydrogen-bond donors (Lipinski definition) is 1. The van der Waals surface area contributed by atoms with E-state index in [9.17, 15) is 0 Å². The van der Waals surface area contributed by atoms with E-state index in [1.165, 1.54) is 0 Å². The molecule has 0 saturated heterocycles. The number of aryl methyl sites for hydroxylation is 1. The first-order valence-corrected chi connectivity index (χ1v) is 5.11. The molecule has 1 rings (SSSR count). The fraction of sp³-hybridized carbons (Fsp3) is 0.400. The van der Waals surface area contributed by atoms with Crippen LogP contribution in [-0.4, -0.2) is 11.9 Å². The van der Waals surface area contributed by atoms with E-state index in [-0.39, 0.29) is 6.04 Å². The highest BCUT2D eigenvalue weighted by atomic mass is 35.5. The van der Waals surface area contributed by atoms with Crippen LogP contribution in [0, 0.1) is 6.92 Å². The number of benzene rings is 1. The van der Waals surface area contributed by atoms with Gasteiger partial charge in [0.2, 0.25) is 0 Å². The molecule has 0 bridgehead atoms. The molecule has 0 saturated carbocycles. The van der Waals surface area contributed by atoms with E-state index in [4.69, 9.17) is 28.9 Å². The van der Waals surface area contributed by atoms with E-state index in [1.54, 1.807) is 0 Å². The van der Waals surface area contributed by atoms with Crippen molar-refractivity contribution in [2.24, 2.45) is 5.73 Å². The highest BCUT2D eigenvalue weighted by Crippen LogP contribution is 2.17. The zero-order valence-electron chi connectivity index (χ0n) is 7.56. The fourth-order valence-electron chi connectivity index (χ4n) is 1.12. The molecule has 0 spiro atoms. The van der Waals surface area contributed by atoms with Crippen molar-refractivity contribution in [2.45, 2.75) is 19.4 Å². The summed E-state index contributed by atoms with van der Waals surface area (Å²) in [6.07, 6.45) is 0.781. The summed E-state index contributed by atoms with van der Waals surface area (Å²) in [4.78, 5) is 0. The van der Waals surface area contributed by atoms with Crippen molar-refractivity contribution in [2.75, 3.05) is 5.88 Å². The van der Waals surface area contributed by atoms with E-state index >= 15 is 0 Å². The lowest BCUT2D eigenvalue weighted by atomic mass is 10.1. The largest absolute Gasteiger partial charge is 0.326 e. The van der Waals surface area contributed by atoms with Crippen molar-refractivity contribution in [1.82, 2.24) is 0 Å². The summed E-state index contributed by atoms with van der Waals surface area (Å²) in [7, 11) is 0. The molecule has 13 heavy (non-hydrogen) atoms. The van der Waals surface area contributed by atoms with E-state index in [1.807, 2.05) is 25.1 Å². The highest BCUT2D eigenvalue weighted by Gasteiger charge is 2.03. The molecule has 0 heterocycles. The molecule has 0 aliphatic rings. The maximum absolute atomic E-state index is 5.97. The van der Waals surface area contributed by atoms with Crippen LogP contribution in [0.1, 0.15) is 11.1 Å². The Morgan fingerprint density at radius 1 is 1.46 bits per heavy atom. The normalized spacial score (nSPS) is 12.9. The molecule has 0 radical (unpaired) electrons. The average Bonchev–Trinajstić information content (AvgIpc) is 2.11. The Labute approximate surface area is 88.8 Å². The number of rotatable bonds is 3.